The molecule has 120 valence electrons. The molecule has 21 heavy (non-hydrogen) atoms. The smallest absolute Gasteiger partial charge is 0.0596 e. The quantitative estimate of drug-likeness (QED) is 0.714. The van der Waals surface area contributed by atoms with Crippen LogP contribution in [0.15, 0.2) is 0 Å². The second-order valence-corrected chi connectivity index (χ2v) is 9.22. The molecule has 0 spiro atoms. The molecule has 0 radical (unpaired) electrons. The predicted molar refractivity (Wildman–Crippen MR) is 83.7 cm³/mol. The zero-order valence-corrected chi connectivity index (χ0v) is 13.7. The molecule has 0 aromatic carbocycles. The van der Waals surface area contributed by atoms with Gasteiger partial charge in [-0.05, 0) is 92.3 Å². The molecule has 4 rings (SSSR count). The monoisotopic (exact) mass is 292 g/mol. The second-order valence-electron chi connectivity index (χ2n) is 9.22. The van der Waals surface area contributed by atoms with Crippen LogP contribution in [0.2, 0.25) is 0 Å². The minimum absolute atomic E-state index is 0.0400. The fourth-order valence-corrected chi connectivity index (χ4v) is 7.21. The van der Waals surface area contributed by atoms with Crippen LogP contribution in [0.3, 0.4) is 0 Å². The average molecular weight is 292 g/mol. The van der Waals surface area contributed by atoms with E-state index >= 15 is 0 Å². The Morgan fingerprint density at radius 1 is 0.762 bits per heavy atom. The van der Waals surface area contributed by atoms with Crippen LogP contribution in [0.4, 0.5) is 0 Å². The van der Waals surface area contributed by atoms with E-state index in [4.69, 9.17) is 0 Å². The van der Waals surface area contributed by atoms with Gasteiger partial charge in [-0.2, -0.15) is 0 Å². The lowest BCUT2D eigenvalue weighted by Crippen LogP contribution is -2.54. The van der Waals surface area contributed by atoms with E-state index in [1.165, 1.54) is 38.5 Å². The summed E-state index contributed by atoms with van der Waals surface area (Å²) < 4.78 is 0. The molecule has 0 aromatic heterocycles. The van der Waals surface area contributed by atoms with Crippen LogP contribution in [0.25, 0.3) is 0 Å². The van der Waals surface area contributed by atoms with Gasteiger partial charge < -0.3 is 10.2 Å². The third-order valence-corrected chi connectivity index (χ3v) is 8.59. The highest BCUT2D eigenvalue weighted by molar-refractivity contribution is 5.09. The van der Waals surface area contributed by atoms with E-state index in [0.717, 1.165) is 42.9 Å². The van der Waals surface area contributed by atoms with Gasteiger partial charge in [-0.1, -0.05) is 13.8 Å². The van der Waals surface area contributed by atoms with Crippen molar-refractivity contribution in [1.82, 2.24) is 0 Å². The highest BCUT2D eigenvalue weighted by atomic mass is 16.3. The van der Waals surface area contributed by atoms with E-state index in [1.807, 2.05) is 0 Å². The van der Waals surface area contributed by atoms with Gasteiger partial charge in [0, 0.05) is 0 Å². The molecule has 0 aliphatic heterocycles. The Bertz CT molecular complexity index is 422. The molecule has 4 fully saturated rings. The van der Waals surface area contributed by atoms with Gasteiger partial charge in [0.25, 0.3) is 0 Å². The Morgan fingerprint density at radius 2 is 1.48 bits per heavy atom. The molecule has 0 aromatic rings. The van der Waals surface area contributed by atoms with Crippen LogP contribution >= 0.6 is 0 Å². The Morgan fingerprint density at radius 3 is 2.29 bits per heavy atom. The molecule has 4 aliphatic rings. The highest BCUT2D eigenvalue weighted by Crippen LogP contribution is 2.66. The van der Waals surface area contributed by atoms with Gasteiger partial charge in [-0.15, -0.1) is 0 Å². The van der Waals surface area contributed by atoms with E-state index in [1.54, 1.807) is 0 Å². The van der Waals surface area contributed by atoms with E-state index in [0.29, 0.717) is 5.41 Å². The lowest BCUT2D eigenvalue weighted by atomic mass is 9.45. The normalized spacial score (nSPS) is 60.0. The summed E-state index contributed by atoms with van der Waals surface area (Å²) in [5.41, 5.74) is 0.676. The summed E-state index contributed by atoms with van der Waals surface area (Å²) >= 11 is 0. The van der Waals surface area contributed by atoms with Gasteiger partial charge in [-0.3, -0.25) is 0 Å². The number of aliphatic hydroxyl groups is 2. The van der Waals surface area contributed by atoms with E-state index in [-0.39, 0.29) is 17.6 Å². The molecule has 0 unspecified atom stereocenters. The molecule has 2 N–H and O–H groups in total. The fourth-order valence-electron chi connectivity index (χ4n) is 7.21. The van der Waals surface area contributed by atoms with Crippen LogP contribution in [-0.2, 0) is 0 Å². The largest absolute Gasteiger partial charge is 0.393 e. The van der Waals surface area contributed by atoms with Crippen LogP contribution in [0.1, 0.15) is 71.6 Å². The van der Waals surface area contributed by atoms with E-state index in [2.05, 4.69) is 13.8 Å². The summed E-state index contributed by atoms with van der Waals surface area (Å²) in [5, 5.41) is 20.5. The van der Waals surface area contributed by atoms with Gasteiger partial charge >= 0.3 is 0 Å². The molecular formula is C19H32O2. The standard InChI is InChI=1S/C19H32O2/c1-18-9-7-13(20)11-12(18)3-4-14-15-5-6-17(21)19(15,2)10-8-16(14)18/h12-17,20-21H,3-11H2,1-2H3/t12-,13-,14-,15-,16-,17+,18-,19-/m0/s1. The molecule has 8 atom stereocenters. The molecule has 0 heterocycles. The van der Waals surface area contributed by atoms with Gasteiger partial charge in [0.2, 0.25) is 0 Å². The van der Waals surface area contributed by atoms with Gasteiger partial charge in [0.15, 0.2) is 0 Å². The molecule has 2 nitrogen and oxygen atoms in total. The van der Waals surface area contributed by atoms with Crippen molar-refractivity contribution in [2.75, 3.05) is 0 Å². The summed E-state index contributed by atoms with van der Waals surface area (Å²) in [4.78, 5) is 0. The van der Waals surface area contributed by atoms with Crippen molar-refractivity contribution in [3.8, 4) is 0 Å². The van der Waals surface area contributed by atoms with Crippen molar-refractivity contribution < 1.29 is 10.2 Å². The van der Waals surface area contributed by atoms with Crippen molar-refractivity contribution >= 4 is 0 Å². The number of hydrogen-bond acceptors (Lipinski definition) is 2. The zero-order valence-electron chi connectivity index (χ0n) is 13.7. The first-order valence-corrected chi connectivity index (χ1v) is 9.31. The van der Waals surface area contributed by atoms with Gasteiger partial charge in [-0.25, -0.2) is 0 Å². The summed E-state index contributed by atoms with van der Waals surface area (Å²) in [6, 6.07) is 0. The first-order chi connectivity index (χ1) is 9.95. The van der Waals surface area contributed by atoms with Crippen LogP contribution in [0.5, 0.6) is 0 Å². The fraction of sp³-hybridized carbons (Fsp3) is 1.00. The van der Waals surface area contributed by atoms with Gasteiger partial charge in [0.1, 0.15) is 0 Å². The third kappa shape index (κ3) is 1.91. The number of rotatable bonds is 0. The maximum Gasteiger partial charge on any atom is 0.0596 e. The van der Waals surface area contributed by atoms with Crippen molar-refractivity contribution in [3.63, 3.8) is 0 Å². The summed E-state index contributed by atoms with van der Waals surface area (Å²) in [7, 11) is 0. The molecule has 2 heteroatoms. The van der Waals surface area contributed by atoms with Crippen molar-refractivity contribution in [3.05, 3.63) is 0 Å². The van der Waals surface area contributed by atoms with Crippen LogP contribution in [0, 0.1) is 34.5 Å². The lowest BCUT2D eigenvalue weighted by molar-refractivity contribution is -0.133. The lowest BCUT2D eigenvalue weighted by Gasteiger charge is -2.60. The molecule has 4 aliphatic carbocycles. The number of hydrogen-bond donors (Lipinski definition) is 2. The van der Waals surface area contributed by atoms with Crippen LogP contribution in [-0.4, -0.2) is 22.4 Å². The Kier molecular flexibility index (Phi) is 3.25. The third-order valence-electron chi connectivity index (χ3n) is 8.59. The molecule has 4 saturated carbocycles. The van der Waals surface area contributed by atoms with E-state index in [9.17, 15) is 10.2 Å². The summed E-state index contributed by atoms with van der Waals surface area (Å²) in [5.74, 6) is 3.21. The zero-order chi connectivity index (χ0) is 14.8. The SMILES string of the molecule is C[C@]12CC[C@H](O)C[C@@H]1CC[C@@H]1[C@@H]2CC[C@]2(C)[C@H](O)CC[C@@H]12. The van der Waals surface area contributed by atoms with Crippen LogP contribution < -0.4 is 0 Å². The summed E-state index contributed by atoms with van der Waals surface area (Å²) in [6.07, 6.45) is 10.7. The first-order valence-electron chi connectivity index (χ1n) is 9.31. The molecule has 0 bridgehead atoms. The first kappa shape index (κ1) is 14.5. The topological polar surface area (TPSA) is 40.5 Å². The maximum absolute atomic E-state index is 10.5. The number of fused-ring (bicyclic) bond motifs is 5. The number of aliphatic hydroxyl groups excluding tert-OH is 2. The summed E-state index contributed by atoms with van der Waals surface area (Å²) in [6.45, 7) is 4.90. The van der Waals surface area contributed by atoms with E-state index < -0.39 is 0 Å². The molecule has 0 saturated heterocycles. The minimum atomic E-state index is -0.0536. The molecular weight excluding hydrogens is 260 g/mol. The second kappa shape index (κ2) is 4.71. The average Bonchev–Trinajstić information content (AvgIpc) is 2.76. The molecule has 0 amide bonds. The predicted octanol–water partition coefficient (Wildman–Crippen LogP) is 3.75. The Balaban J connectivity index is 1.62. The van der Waals surface area contributed by atoms with Crippen molar-refractivity contribution in [1.29, 1.82) is 0 Å². The van der Waals surface area contributed by atoms with Crippen molar-refractivity contribution in [2.24, 2.45) is 34.5 Å². The van der Waals surface area contributed by atoms with Crippen molar-refractivity contribution in [2.45, 2.75) is 83.8 Å². The Labute approximate surface area is 129 Å². The minimum Gasteiger partial charge on any atom is -0.393 e. The van der Waals surface area contributed by atoms with Gasteiger partial charge in [0.05, 0.1) is 12.2 Å². The maximum atomic E-state index is 10.5. The highest BCUT2D eigenvalue weighted by Gasteiger charge is 2.59. The Hall–Kier alpha value is -0.0800.